The molecule has 0 amide bonds. The van der Waals surface area contributed by atoms with Crippen molar-refractivity contribution in [2.75, 3.05) is 0 Å². The Morgan fingerprint density at radius 3 is 1.43 bits per heavy atom. The van der Waals surface area contributed by atoms with Gasteiger partial charge in [-0.1, -0.05) is 109 Å². The maximum absolute atomic E-state index is 9.71. The number of benzene rings is 7. The molecule has 7 aromatic carbocycles. The zero-order valence-corrected chi connectivity index (χ0v) is 22.7. The summed E-state index contributed by atoms with van der Waals surface area (Å²) in [7, 11) is 0. The molecule has 0 fully saturated rings. The second kappa shape index (κ2) is 9.86. The third-order valence-corrected chi connectivity index (χ3v) is 7.61. The Morgan fingerprint density at radius 1 is 0.341 bits per heavy atom. The maximum atomic E-state index is 9.71. The van der Waals surface area contributed by atoms with Crippen LogP contribution >= 0.6 is 0 Å². The van der Waals surface area contributed by atoms with E-state index in [1.54, 1.807) is 24.3 Å². The van der Waals surface area contributed by atoms with Crippen molar-refractivity contribution in [3.8, 4) is 33.6 Å². The molecule has 206 valence electrons. The molecule has 2 heterocycles. The van der Waals surface area contributed by atoms with E-state index in [-0.39, 0.29) is 55.3 Å². The average molecular weight is 578 g/mol. The van der Waals surface area contributed by atoms with Crippen LogP contribution in [-0.4, -0.2) is 9.13 Å². The van der Waals surface area contributed by atoms with Crippen LogP contribution in [0.5, 0.6) is 0 Å². The fraction of sp³-hybridized carbons (Fsp3) is 0. The molecule has 2 aromatic heterocycles. The molecule has 0 N–H and O–H groups in total. The Morgan fingerprint density at radius 2 is 0.841 bits per heavy atom. The topological polar surface area (TPSA) is 9.86 Å². The number of hydrogen-bond acceptors (Lipinski definition) is 0. The Balaban J connectivity index is 1.45. The third kappa shape index (κ3) is 3.82. The van der Waals surface area contributed by atoms with Crippen LogP contribution < -0.4 is 0 Å². The predicted octanol–water partition coefficient (Wildman–Crippen LogP) is 11.2. The van der Waals surface area contributed by atoms with Crippen LogP contribution in [0.25, 0.3) is 77.2 Å². The van der Waals surface area contributed by atoms with Gasteiger partial charge in [0.05, 0.1) is 45.4 Å². The summed E-state index contributed by atoms with van der Waals surface area (Å²) in [6, 6.07) is 8.75. The van der Waals surface area contributed by atoms with E-state index < -0.39 is 108 Å². The van der Waals surface area contributed by atoms with Crippen LogP contribution in [0.3, 0.4) is 0 Å². The highest BCUT2D eigenvalue weighted by atomic mass is 15.0. The van der Waals surface area contributed by atoms with Gasteiger partial charge in [-0.25, -0.2) is 0 Å². The molecule has 0 radical (unpaired) electrons. The Kier molecular flexibility index (Phi) is 2.96. The van der Waals surface area contributed by atoms with Crippen molar-refractivity contribution in [1.29, 1.82) is 0 Å². The molecule has 9 rings (SSSR count). The summed E-state index contributed by atoms with van der Waals surface area (Å²) < 4.78 is 155. The smallest absolute Gasteiger partial charge is 0.0645 e. The van der Waals surface area contributed by atoms with Gasteiger partial charge in [0.25, 0.3) is 0 Å². The molecule has 0 saturated carbocycles. The van der Waals surface area contributed by atoms with Crippen molar-refractivity contribution in [2.24, 2.45) is 0 Å². The summed E-state index contributed by atoms with van der Waals surface area (Å²) in [5.74, 6) is 0. The molecule has 44 heavy (non-hydrogen) atoms. The summed E-state index contributed by atoms with van der Waals surface area (Å²) in [5.41, 5.74) is -0.0863. The van der Waals surface area contributed by atoms with E-state index in [1.165, 1.54) is 4.57 Å². The van der Waals surface area contributed by atoms with E-state index in [0.717, 1.165) is 27.8 Å². The van der Waals surface area contributed by atoms with Crippen LogP contribution in [0.4, 0.5) is 0 Å². The van der Waals surface area contributed by atoms with Crippen LogP contribution in [0.15, 0.2) is 169 Å². The van der Waals surface area contributed by atoms with Gasteiger partial charge in [-0.3, -0.25) is 0 Å². The second-order valence-corrected chi connectivity index (χ2v) is 10.1. The molecule has 0 aliphatic carbocycles. The number of hydrogen-bond donors (Lipinski definition) is 0. The van der Waals surface area contributed by atoms with E-state index in [9.17, 15) is 8.22 Å². The lowest BCUT2D eigenvalue weighted by Crippen LogP contribution is -1.93. The summed E-state index contributed by atoms with van der Waals surface area (Å²) >= 11 is 0. The van der Waals surface area contributed by atoms with E-state index in [2.05, 4.69) is 0 Å². The van der Waals surface area contributed by atoms with Crippen molar-refractivity contribution in [2.45, 2.75) is 0 Å². The van der Waals surface area contributed by atoms with Crippen molar-refractivity contribution in [3.05, 3.63) is 169 Å². The predicted molar refractivity (Wildman–Crippen MR) is 186 cm³/mol. The molecule has 0 aliphatic rings. The van der Waals surface area contributed by atoms with E-state index in [1.807, 2.05) is 30.3 Å². The number of para-hydroxylation sites is 3. The molecular formula is C42H28N2. The number of fused-ring (bicyclic) bond motifs is 6. The Bertz CT molecular complexity index is 3400. The monoisotopic (exact) mass is 577 g/mol. The van der Waals surface area contributed by atoms with Crippen molar-refractivity contribution in [3.63, 3.8) is 0 Å². The van der Waals surface area contributed by atoms with E-state index in [0.29, 0.717) is 5.69 Å². The summed E-state index contributed by atoms with van der Waals surface area (Å²) in [5, 5.41) is -0.967. The minimum atomic E-state index is -0.755. The SMILES string of the molecule is [2H]c1cc([2H])c(-n2c3c([2H])c([2H])c([2H])c([2H])c3c3c([2H])c(-c4c([2H])c([2H])c5c(c4[2H])c4c([2H])c([2H])c([2H])c([2H])c4n5-c4ccc(-c5ccccc5)cc4)c([2H])c([2H])c32)c([2H])c1. The number of nitrogens with zero attached hydrogens (tertiary/aromatic N) is 2. The van der Waals surface area contributed by atoms with Gasteiger partial charge < -0.3 is 9.13 Å². The Hall–Kier alpha value is -5.86. The molecular weight excluding hydrogens is 532 g/mol. The fourth-order valence-electron chi connectivity index (χ4n) is 5.63. The first kappa shape index (κ1) is 13.2. The highest BCUT2D eigenvalue weighted by Crippen LogP contribution is 2.38. The van der Waals surface area contributed by atoms with Gasteiger partial charge in [0, 0.05) is 32.9 Å². The lowest BCUT2D eigenvalue weighted by Gasteiger charge is -2.10. The quantitative estimate of drug-likeness (QED) is 0.197. The molecule has 2 heteroatoms. The molecule has 0 bridgehead atoms. The van der Waals surface area contributed by atoms with E-state index >= 15 is 0 Å². The van der Waals surface area contributed by atoms with Crippen LogP contribution in [0.1, 0.15) is 23.3 Å². The molecule has 0 spiro atoms. The van der Waals surface area contributed by atoms with E-state index in [4.69, 9.17) is 15.1 Å². The first-order valence-electron chi connectivity index (χ1n) is 22.2. The first-order chi connectivity index (χ1) is 28.9. The molecule has 0 saturated heterocycles. The zero-order chi connectivity index (χ0) is 43.8. The molecule has 0 aliphatic heterocycles. The fourth-order valence-corrected chi connectivity index (χ4v) is 5.63. The minimum Gasteiger partial charge on any atom is -0.309 e. The largest absolute Gasteiger partial charge is 0.309 e. The van der Waals surface area contributed by atoms with Gasteiger partial charge in [0.2, 0.25) is 0 Å². The maximum Gasteiger partial charge on any atom is 0.0645 e. The average Bonchev–Trinajstić information content (AvgIpc) is 3.78. The lowest BCUT2D eigenvalue weighted by molar-refractivity contribution is 1.18. The van der Waals surface area contributed by atoms with Gasteiger partial charge in [0.1, 0.15) is 0 Å². The third-order valence-electron chi connectivity index (χ3n) is 7.61. The standard InChI is InChI=1S/C42H28N2/c1-3-11-29(12-4-1)30-19-23-34(24-20-30)44-40-18-10-8-16-36(40)38-28-32(22-26-42(38)44)31-21-25-41-37(27-31)35-15-7-9-17-39(35)43(41)33-13-5-2-6-14-33/h1-28H/i2D,7D,8D,9D,10D,13D,14D,15D,16D,17D,18D,21D,22D,25D,26D,27D,28D. The minimum absolute atomic E-state index is 0.0870. The van der Waals surface area contributed by atoms with Gasteiger partial charge in [-0.15, -0.1) is 0 Å². The normalized spacial score (nSPS) is 17.0. The van der Waals surface area contributed by atoms with Crippen LogP contribution in [0, 0.1) is 0 Å². The molecule has 2 nitrogen and oxygen atoms in total. The zero-order valence-electron chi connectivity index (χ0n) is 39.7. The Labute approximate surface area is 279 Å². The van der Waals surface area contributed by atoms with Gasteiger partial charge in [0.15, 0.2) is 0 Å². The lowest BCUT2D eigenvalue weighted by atomic mass is 10.0. The summed E-state index contributed by atoms with van der Waals surface area (Å²) in [6.07, 6.45) is 0. The number of rotatable bonds is 4. The first-order valence-corrected chi connectivity index (χ1v) is 13.7. The van der Waals surface area contributed by atoms with Crippen molar-refractivity contribution < 1.29 is 23.3 Å². The molecule has 0 unspecified atom stereocenters. The summed E-state index contributed by atoms with van der Waals surface area (Å²) in [6.45, 7) is 0. The molecule has 9 aromatic rings. The van der Waals surface area contributed by atoms with Gasteiger partial charge in [-0.05, 0) is 82.7 Å². The van der Waals surface area contributed by atoms with Crippen LogP contribution in [-0.2, 0) is 0 Å². The summed E-state index contributed by atoms with van der Waals surface area (Å²) in [4.78, 5) is 0. The molecule has 0 atom stereocenters. The highest BCUT2D eigenvalue weighted by Gasteiger charge is 2.16. The van der Waals surface area contributed by atoms with Crippen LogP contribution in [0.2, 0.25) is 0 Å². The van der Waals surface area contributed by atoms with Gasteiger partial charge >= 0.3 is 0 Å². The van der Waals surface area contributed by atoms with Crippen molar-refractivity contribution >= 4 is 43.6 Å². The number of aromatic nitrogens is 2. The van der Waals surface area contributed by atoms with Gasteiger partial charge in [-0.2, -0.15) is 0 Å². The van der Waals surface area contributed by atoms with Crippen molar-refractivity contribution in [1.82, 2.24) is 9.13 Å². The highest BCUT2D eigenvalue weighted by molar-refractivity contribution is 6.12. The second-order valence-electron chi connectivity index (χ2n) is 10.1.